The highest BCUT2D eigenvalue weighted by Gasteiger charge is 2.23. The van der Waals surface area contributed by atoms with Gasteiger partial charge in [0.05, 0.1) is 25.8 Å². The second kappa shape index (κ2) is 10.4. The Labute approximate surface area is 192 Å². The molecule has 0 unspecified atom stereocenters. The Kier molecular flexibility index (Phi) is 7.10. The van der Waals surface area contributed by atoms with Gasteiger partial charge in [0.25, 0.3) is 0 Å². The standard InChI is InChI=1S/C26H38N4O2/c1-31-25-16-22-24(15-19(25)18-32-14-13-30-11-4-5-12-30)29-23-9-6-8-21(23)26(22)28-20-7-2-3-10-27-17-20/h15-16,20,27H,2-14,17-18H2,1H3,(H,28,29)/t20-/m1/s1. The number of aromatic nitrogens is 1. The van der Waals surface area contributed by atoms with Crippen molar-refractivity contribution in [2.45, 2.75) is 64.0 Å². The lowest BCUT2D eigenvalue weighted by Crippen LogP contribution is -2.31. The molecule has 1 aromatic heterocycles. The number of hydrogen-bond donors (Lipinski definition) is 2. The fourth-order valence-corrected chi connectivity index (χ4v) is 5.53. The van der Waals surface area contributed by atoms with Gasteiger partial charge in [-0.2, -0.15) is 0 Å². The van der Waals surface area contributed by atoms with Crippen LogP contribution in [-0.2, 0) is 24.2 Å². The maximum Gasteiger partial charge on any atom is 0.125 e. The molecule has 2 fully saturated rings. The highest BCUT2D eigenvalue weighted by molar-refractivity contribution is 5.95. The van der Waals surface area contributed by atoms with Crippen LogP contribution in [0.25, 0.3) is 10.9 Å². The molecule has 0 amide bonds. The molecule has 5 rings (SSSR count). The van der Waals surface area contributed by atoms with E-state index in [1.165, 1.54) is 73.9 Å². The van der Waals surface area contributed by atoms with Crippen LogP contribution in [0, 0.1) is 0 Å². The summed E-state index contributed by atoms with van der Waals surface area (Å²) in [7, 11) is 1.76. The molecule has 2 saturated heterocycles. The Balaban J connectivity index is 1.39. The molecule has 2 aliphatic heterocycles. The SMILES string of the molecule is COc1cc2c(N[C@@H]3CCCCNC3)c3c(nc2cc1COCCN1CCCC1)CCC3. The average Bonchev–Trinajstić information content (AvgIpc) is 3.43. The highest BCUT2D eigenvalue weighted by atomic mass is 16.5. The van der Waals surface area contributed by atoms with E-state index < -0.39 is 0 Å². The quantitative estimate of drug-likeness (QED) is 0.610. The van der Waals surface area contributed by atoms with Crippen LogP contribution in [0.3, 0.4) is 0 Å². The van der Waals surface area contributed by atoms with E-state index in [1.807, 2.05) is 0 Å². The van der Waals surface area contributed by atoms with E-state index in [0.29, 0.717) is 12.6 Å². The van der Waals surface area contributed by atoms with E-state index >= 15 is 0 Å². The maximum atomic E-state index is 6.06. The summed E-state index contributed by atoms with van der Waals surface area (Å²) in [6.45, 7) is 6.93. The zero-order valence-corrected chi connectivity index (χ0v) is 19.5. The first-order valence-corrected chi connectivity index (χ1v) is 12.6. The molecule has 3 aliphatic rings. The molecule has 0 radical (unpaired) electrons. The van der Waals surface area contributed by atoms with Crippen molar-refractivity contribution < 1.29 is 9.47 Å². The number of methoxy groups -OCH3 is 1. The Morgan fingerprint density at radius 2 is 2.03 bits per heavy atom. The molecule has 2 N–H and O–H groups in total. The van der Waals surface area contributed by atoms with E-state index in [1.54, 1.807) is 7.11 Å². The topological polar surface area (TPSA) is 58.6 Å². The van der Waals surface area contributed by atoms with E-state index in [9.17, 15) is 0 Å². The van der Waals surface area contributed by atoms with Gasteiger partial charge in [0.1, 0.15) is 5.75 Å². The minimum atomic E-state index is 0.465. The number of anilines is 1. The number of nitrogens with one attached hydrogen (secondary N) is 2. The second-order valence-corrected chi connectivity index (χ2v) is 9.59. The van der Waals surface area contributed by atoms with Crippen molar-refractivity contribution in [2.24, 2.45) is 0 Å². The van der Waals surface area contributed by atoms with Crippen molar-refractivity contribution in [3.8, 4) is 5.75 Å². The summed E-state index contributed by atoms with van der Waals surface area (Å²) >= 11 is 0. The molecule has 0 spiro atoms. The Morgan fingerprint density at radius 1 is 1.12 bits per heavy atom. The summed E-state index contributed by atoms with van der Waals surface area (Å²) in [5.74, 6) is 0.903. The Bertz CT molecular complexity index is 918. The van der Waals surface area contributed by atoms with Crippen molar-refractivity contribution in [1.29, 1.82) is 0 Å². The molecule has 6 heteroatoms. The molecule has 0 saturated carbocycles. The normalized spacial score (nSPS) is 21.6. The summed E-state index contributed by atoms with van der Waals surface area (Å²) in [4.78, 5) is 7.57. The van der Waals surface area contributed by atoms with Crippen LogP contribution in [0.4, 0.5) is 5.69 Å². The fourth-order valence-electron chi connectivity index (χ4n) is 5.53. The Hall–Kier alpha value is -1.89. The lowest BCUT2D eigenvalue weighted by Gasteiger charge is -2.22. The zero-order chi connectivity index (χ0) is 21.8. The van der Waals surface area contributed by atoms with Crippen LogP contribution in [0.15, 0.2) is 12.1 Å². The predicted octanol–water partition coefficient (Wildman–Crippen LogP) is 3.90. The molecule has 1 atom stereocenters. The average molecular weight is 439 g/mol. The summed E-state index contributed by atoms with van der Waals surface area (Å²) in [5, 5.41) is 8.70. The number of likely N-dealkylation sites (tertiary alicyclic amines) is 1. The third kappa shape index (κ3) is 4.87. The van der Waals surface area contributed by atoms with Gasteiger partial charge in [-0.3, -0.25) is 4.98 Å². The van der Waals surface area contributed by atoms with E-state index in [-0.39, 0.29) is 0 Å². The third-order valence-corrected chi connectivity index (χ3v) is 7.32. The summed E-state index contributed by atoms with van der Waals surface area (Å²) < 4.78 is 11.9. The smallest absolute Gasteiger partial charge is 0.125 e. The van der Waals surface area contributed by atoms with Crippen LogP contribution in [0.2, 0.25) is 0 Å². The van der Waals surface area contributed by atoms with Crippen LogP contribution in [-0.4, -0.2) is 62.4 Å². The van der Waals surface area contributed by atoms with Gasteiger partial charge in [0.15, 0.2) is 0 Å². The van der Waals surface area contributed by atoms with Crippen LogP contribution >= 0.6 is 0 Å². The molecule has 0 bridgehead atoms. The van der Waals surface area contributed by atoms with Gasteiger partial charge in [-0.25, -0.2) is 0 Å². The number of benzene rings is 1. The van der Waals surface area contributed by atoms with Crippen LogP contribution in [0.1, 0.15) is 55.3 Å². The molecule has 32 heavy (non-hydrogen) atoms. The summed E-state index contributed by atoms with van der Waals surface area (Å²) in [6.07, 6.45) is 9.79. The van der Waals surface area contributed by atoms with Gasteiger partial charge in [-0.1, -0.05) is 6.42 Å². The van der Waals surface area contributed by atoms with E-state index in [2.05, 4.69) is 27.7 Å². The van der Waals surface area contributed by atoms with Crippen molar-refractivity contribution in [3.63, 3.8) is 0 Å². The van der Waals surface area contributed by atoms with Crippen molar-refractivity contribution >= 4 is 16.6 Å². The van der Waals surface area contributed by atoms with Crippen molar-refractivity contribution in [2.75, 3.05) is 51.8 Å². The lowest BCUT2D eigenvalue weighted by atomic mass is 10.0. The molecule has 174 valence electrons. The van der Waals surface area contributed by atoms with Gasteiger partial charge in [-0.15, -0.1) is 0 Å². The minimum Gasteiger partial charge on any atom is -0.496 e. The number of nitrogens with zero attached hydrogens (tertiary/aromatic N) is 2. The lowest BCUT2D eigenvalue weighted by molar-refractivity contribution is 0.0979. The van der Waals surface area contributed by atoms with Gasteiger partial charge in [0.2, 0.25) is 0 Å². The van der Waals surface area contributed by atoms with Crippen LogP contribution < -0.4 is 15.4 Å². The highest BCUT2D eigenvalue weighted by Crippen LogP contribution is 2.38. The molecular weight excluding hydrogens is 400 g/mol. The first kappa shape index (κ1) is 21.9. The number of rotatable bonds is 8. The molecule has 6 nitrogen and oxygen atoms in total. The number of ether oxygens (including phenoxy) is 2. The van der Waals surface area contributed by atoms with Crippen LogP contribution in [0.5, 0.6) is 5.75 Å². The van der Waals surface area contributed by atoms with Gasteiger partial charge in [-0.05, 0) is 82.3 Å². The molecule has 2 aromatic rings. The van der Waals surface area contributed by atoms with Crippen molar-refractivity contribution in [1.82, 2.24) is 15.2 Å². The van der Waals surface area contributed by atoms with E-state index in [0.717, 1.165) is 55.9 Å². The first-order chi connectivity index (χ1) is 15.8. The van der Waals surface area contributed by atoms with Gasteiger partial charge in [0, 0.05) is 41.5 Å². The number of pyridine rings is 1. The van der Waals surface area contributed by atoms with Gasteiger partial charge >= 0.3 is 0 Å². The second-order valence-electron chi connectivity index (χ2n) is 9.59. The molecular formula is C26H38N4O2. The summed E-state index contributed by atoms with van der Waals surface area (Å²) in [5.41, 5.74) is 6.13. The largest absolute Gasteiger partial charge is 0.496 e. The fraction of sp³-hybridized carbons (Fsp3) is 0.654. The third-order valence-electron chi connectivity index (χ3n) is 7.32. The molecule has 3 heterocycles. The molecule has 1 aliphatic carbocycles. The number of fused-ring (bicyclic) bond motifs is 2. The predicted molar refractivity (Wildman–Crippen MR) is 130 cm³/mol. The van der Waals surface area contributed by atoms with Gasteiger partial charge < -0.3 is 25.0 Å². The van der Waals surface area contributed by atoms with Crippen molar-refractivity contribution in [3.05, 3.63) is 29.0 Å². The van der Waals surface area contributed by atoms with E-state index in [4.69, 9.17) is 14.5 Å². The minimum absolute atomic E-state index is 0.465. The number of aryl methyl sites for hydroxylation is 1. The maximum absolute atomic E-state index is 6.06. The first-order valence-electron chi connectivity index (χ1n) is 12.6. The number of hydrogen-bond acceptors (Lipinski definition) is 6. The summed E-state index contributed by atoms with van der Waals surface area (Å²) in [6, 6.07) is 4.85. The monoisotopic (exact) mass is 438 g/mol. The zero-order valence-electron chi connectivity index (χ0n) is 19.5. The Morgan fingerprint density at radius 3 is 2.91 bits per heavy atom. The molecule has 1 aromatic carbocycles.